The summed E-state index contributed by atoms with van der Waals surface area (Å²) in [5, 5.41) is 10.6. The van der Waals surface area contributed by atoms with Crippen LogP contribution in [0, 0.1) is 17.8 Å². The largest absolute Gasteiger partial charge is 0.472 e. The van der Waals surface area contributed by atoms with E-state index in [0.29, 0.717) is 25.7 Å². The first kappa shape index (κ1) is 98.1. The number of phosphoric ester groups is 2. The highest BCUT2D eigenvalue weighted by molar-refractivity contribution is 7.47. The number of hydrogen-bond donors (Lipinski definition) is 3. The minimum atomic E-state index is -4.96. The number of hydrogen-bond acceptors (Lipinski definition) is 15. The van der Waals surface area contributed by atoms with E-state index in [0.717, 1.165) is 108 Å². The molecule has 0 radical (unpaired) electrons. The molecule has 0 aromatic rings. The third-order valence-electron chi connectivity index (χ3n) is 18.9. The van der Waals surface area contributed by atoms with Gasteiger partial charge < -0.3 is 33.8 Å². The molecule has 0 amide bonds. The molecule has 0 aromatic heterocycles. The highest BCUT2D eigenvalue weighted by Crippen LogP contribution is 2.45. The van der Waals surface area contributed by atoms with Crippen molar-refractivity contribution in [3.8, 4) is 0 Å². The van der Waals surface area contributed by atoms with Gasteiger partial charge in [0.05, 0.1) is 26.4 Å². The van der Waals surface area contributed by atoms with Gasteiger partial charge >= 0.3 is 39.5 Å². The maximum Gasteiger partial charge on any atom is 0.472 e. The molecule has 3 N–H and O–H groups in total. The van der Waals surface area contributed by atoms with Gasteiger partial charge in [0.25, 0.3) is 0 Å². The van der Waals surface area contributed by atoms with E-state index in [1.54, 1.807) is 0 Å². The van der Waals surface area contributed by atoms with Crippen molar-refractivity contribution in [3.63, 3.8) is 0 Å². The van der Waals surface area contributed by atoms with Crippen molar-refractivity contribution in [2.24, 2.45) is 17.8 Å². The molecule has 17 nitrogen and oxygen atoms in total. The lowest BCUT2D eigenvalue weighted by Crippen LogP contribution is -2.30. The standard InChI is InChI=1S/C81H158O17P2/c1-8-9-10-11-12-13-14-15-16-17-20-23-26-34-41-48-55-62-78(83)91-68-76(97-80(85)64-57-50-43-35-27-24-21-18-19-22-25-31-38-45-52-59-72(2)3)70-95-99(87,88)93-66-75(82)67-94-100(89,90)96-71-77(69-92-79(84)63-56-49-42-37-30-33-40-47-54-61-74(6)7)98-81(86)65-58-51-44-36-29-28-32-39-46-53-60-73(4)5/h72-77,82H,8-71H2,1-7H3,(H,87,88)(H,89,90)/t75-,76-,77-/m1/s1. The van der Waals surface area contributed by atoms with Gasteiger partial charge in [-0.2, -0.15) is 0 Å². The van der Waals surface area contributed by atoms with Gasteiger partial charge in [0.15, 0.2) is 12.2 Å². The van der Waals surface area contributed by atoms with E-state index in [2.05, 4.69) is 48.5 Å². The zero-order valence-corrected chi connectivity index (χ0v) is 67.5. The molecular formula is C81H158O17P2. The first-order valence-electron chi connectivity index (χ1n) is 41.8. The minimum Gasteiger partial charge on any atom is -0.462 e. The molecule has 0 saturated carbocycles. The molecule has 0 aliphatic heterocycles. The zero-order chi connectivity index (χ0) is 73.7. The van der Waals surface area contributed by atoms with Crippen molar-refractivity contribution in [2.45, 2.75) is 439 Å². The molecule has 0 spiro atoms. The van der Waals surface area contributed by atoms with Gasteiger partial charge in [-0.05, 0) is 43.4 Å². The molecule has 19 heteroatoms. The summed E-state index contributed by atoms with van der Waals surface area (Å²) in [7, 11) is -9.92. The predicted octanol–water partition coefficient (Wildman–Crippen LogP) is 24.1. The lowest BCUT2D eigenvalue weighted by molar-refractivity contribution is -0.161. The minimum absolute atomic E-state index is 0.106. The van der Waals surface area contributed by atoms with Crippen LogP contribution in [0.5, 0.6) is 0 Å². The fraction of sp³-hybridized carbons (Fsp3) is 0.951. The smallest absolute Gasteiger partial charge is 0.462 e. The van der Waals surface area contributed by atoms with Crippen LogP contribution in [-0.4, -0.2) is 96.7 Å². The van der Waals surface area contributed by atoms with Crippen LogP contribution < -0.4 is 0 Å². The van der Waals surface area contributed by atoms with Crippen molar-refractivity contribution in [2.75, 3.05) is 39.6 Å². The van der Waals surface area contributed by atoms with Gasteiger partial charge in [0.2, 0.25) is 0 Å². The number of unbranched alkanes of at least 4 members (excludes halogenated alkanes) is 47. The van der Waals surface area contributed by atoms with E-state index >= 15 is 0 Å². The van der Waals surface area contributed by atoms with Gasteiger partial charge in [-0.3, -0.25) is 37.3 Å². The lowest BCUT2D eigenvalue weighted by atomic mass is 10.0. The number of rotatable bonds is 79. The second-order valence-corrected chi connectivity index (χ2v) is 33.5. The van der Waals surface area contributed by atoms with Crippen LogP contribution in [-0.2, 0) is 65.4 Å². The van der Waals surface area contributed by atoms with Crippen molar-refractivity contribution in [3.05, 3.63) is 0 Å². The quantitative estimate of drug-likeness (QED) is 0.0222. The molecule has 0 rings (SSSR count). The molecule has 0 aliphatic rings. The summed E-state index contributed by atoms with van der Waals surface area (Å²) in [5.74, 6) is 0.188. The number of aliphatic hydroxyl groups excluding tert-OH is 1. The highest BCUT2D eigenvalue weighted by Gasteiger charge is 2.30. The molecule has 0 heterocycles. The molecule has 0 bridgehead atoms. The SMILES string of the molecule is CCCCCCCCCCCCCCCCCCCC(=O)OC[C@H](COP(=O)(O)OC[C@@H](O)COP(=O)(O)OC[C@@H](COC(=O)CCCCCCCCCCCC(C)C)OC(=O)CCCCCCCCCCCCC(C)C)OC(=O)CCCCCCCCCCCCCCCCCC(C)C. The van der Waals surface area contributed by atoms with Crippen LogP contribution >= 0.6 is 15.6 Å². The average molecular weight is 1470 g/mol. The Bertz CT molecular complexity index is 1940. The van der Waals surface area contributed by atoms with Crippen LogP contribution in [0.4, 0.5) is 0 Å². The topological polar surface area (TPSA) is 237 Å². The van der Waals surface area contributed by atoms with Crippen molar-refractivity contribution < 1.29 is 80.2 Å². The second-order valence-electron chi connectivity index (χ2n) is 30.6. The number of carbonyl (C=O) groups excluding carboxylic acids is 4. The molecule has 2 unspecified atom stereocenters. The van der Waals surface area contributed by atoms with Gasteiger partial charge in [-0.15, -0.1) is 0 Å². The summed E-state index contributed by atoms with van der Waals surface area (Å²) < 4.78 is 68.7. The van der Waals surface area contributed by atoms with Crippen LogP contribution in [0.2, 0.25) is 0 Å². The number of carbonyl (C=O) groups is 4. The van der Waals surface area contributed by atoms with Crippen molar-refractivity contribution in [1.82, 2.24) is 0 Å². The number of ether oxygens (including phenoxy) is 4. The number of aliphatic hydroxyl groups is 1. The number of esters is 4. The van der Waals surface area contributed by atoms with E-state index in [4.69, 9.17) is 37.0 Å². The summed E-state index contributed by atoms with van der Waals surface area (Å²) in [5.41, 5.74) is 0. The molecular weight excluding hydrogens is 1310 g/mol. The predicted molar refractivity (Wildman–Crippen MR) is 409 cm³/mol. The zero-order valence-electron chi connectivity index (χ0n) is 65.7. The first-order chi connectivity index (χ1) is 48.2. The van der Waals surface area contributed by atoms with Crippen LogP contribution in [0.25, 0.3) is 0 Å². The van der Waals surface area contributed by atoms with E-state index in [-0.39, 0.29) is 25.7 Å². The van der Waals surface area contributed by atoms with E-state index in [1.165, 1.54) is 231 Å². The maximum absolute atomic E-state index is 13.1. The second kappa shape index (κ2) is 71.3. The van der Waals surface area contributed by atoms with Crippen LogP contribution in [0.1, 0.15) is 421 Å². The van der Waals surface area contributed by atoms with E-state index in [1.807, 2.05) is 0 Å². The Hall–Kier alpha value is -1.94. The molecule has 0 saturated heterocycles. The van der Waals surface area contributed by atoms with Crippen LogP contribution in [0.15, 0.2) is 0 Å². The summed E-state index contributed by atoms with van der Waals surface area (Å²) in [6, 6.07) is 0. The fourth-order valence-corrected chi connectivity index (χ4v) is 14.1. The summed E-state index contributed by atoms with van der Waals surface area (Å²) in [6.07, 6.45) is 59.6. The fourth-order valence-electron chi connectivity index (χ4n) is 12.5. The molecule has 0 fully saturated rings. The Morgan fingerprint density at radius 3 is 0.680 bits per heavy atom. The highest BCUT2D eigenvalue weighted by atomic mass is 31.2. The van der Waals surface area contributed by atoms with Gasteiger partial charge in [0, 0.05) is 25.7 Å². The summed E-state index contributed by atoms with van der Waals surface area (Å²) in [4.78, 5) is 73.1. The Kier molecular flexibility index (Phi) is 69.9. The maximum atomic E-state index is 13.1. The van der Waals surface area contributed by atoms with Crippen molar-refractivity contribution >= 4 is 39.5 Å². The lowest BCUT2D eigenvalue weighted by Gasteiger charge is -2.21. The van der Waals surface area contributed by atoms with Gasteiger partial charge in [-0.1, -0.05) is 370 Å². The van der Waals surface area contributed by atoms with Crippen LogP contribution in [0.3, 0.4) is 0 Å². The Balaban J connectivity index is 5.26. The number of phosphoric acid groups is 2. The molecule has 100 heavy (non-hydrogen) atoms. The monoisotopic (exact) mass is 1470 g/mol. The summed E-state index contributed by atoms with van der Waals surface area (Å²) >= 11 is 0. The third-order valence-corrected chi connectivity index (χ3v) is 20.8. The molecule has 0 aromatic carbocycles. The van der Waals surface area contributed by atoms with Gasteiger partial charge in [0.1, 0.15) is 19.3 Å². The average Bonchev–Trinajstić information content (AvgIpc) is 0.952. The van der Waals surface area contributed by atoms with Crippen molar-refractivity contribution in [1.29, 1.82) is 0 Å². The first-order valence-corrected chi connectivity index (χ1v) is 44.8. The summed E-state index contributed by atoms with van der Waals surface area (Å²) in [6.45, 7) is 11.9. The van der Waals surface area contributed by atoms with E-state index < -0.39 is 97.5 Å². The Morgan fingerprint density at radius 1 is 0.270 bits per heavy atom. The molecule has 594 valence electrons. The Labute approximate surface area is 613 Å². The Morgan fingerprint density at radius 2 is 0.460 bits per heavy atom. The normalized spacial score (nSPS) is 14.0. The van der Waals surface area contributed by atoms with E-state index in [9.17, 15) is 43.2 Å². The van der Waals surface area contributed by atoms with Gasteiger partial charge in [-0.25, -0.2) is 9.13 Å². The third kappa shape index (κ3) is 74.3. The molecule has 0 aliphatic carbocycles. The molecule has 5 atom stereocenters.